The number of carboxylic acids is 1. The first-order valence-electron chi connectivity index (χ1n) is 5.30. The number of ether oxygens (including phenoxy) is 1. The van der Waals surface area contributed by atoms with Gasteiger partial charge < -0.3 is 9.84 Å². The summed E-state index contributed by atoms with van der Waals surface area (Å²) < 4.78 is 18.9. The number of hydrogen-bond donors (Lipinski definition) is 1. The molecule has 1 aromatic rings. The smallest absolute Gasteiger partial charge is 0.328 e. The molecule has 0 aromatic heterocycles. The van der Waals surface area contributed by atoms with Crippen LogP contribution in [0.15, 0.2) is 24.3 Å². The highest BCUT2D eigenvalue weighted by Crippen LogP contribution is 2.13. The van der Waals surface area contributed by atoms with Gasteiger partial charge in [0.05, 0.1) is 12.7 Å². The van der Waals surface area contributed by atoms with Crippen LogP contribution >= 0.6 is 0 Å². The maximum absolute atomic E-state index is 13.6. The molecule has 4 heteroatoms. The predicted molar refractivity (Wildman–Crippen MR) is 63.0 cm³/mol. The molecule has 0 aliphatic carbocycles. The van der Waals surface area contributed by atoms with Gasteiger partial charge in [-0.25, -0.2) is 9.18 Å². The number of rotatable bonds is 5. The van der Waals surface area contributed by atoms with Gasteiger partial charge in [-0.3, -0.25) is 0 Å². The number of carboxylic acid groups (broad SMARTS) is 1. The molecule has 0 aliphatic heterocycles. The lowest BCUT2D eigenvalue weighted by atomic mass is 10.1. The predicted octanol–water partition coefficient (Wildman–Crippen LogP) is 2.85. The maximum atomic E-state index is 13.6. The highest BCUT2D eigenvalue weighted by molar-refractivity contribution is 5.85. The fourth-order valence-corrected chi connectivity index (χ4v) is 1.21. The molecule has 0 aliphatic rings. The third kappa shape index (κ3) is 4.78. The van der Waals surface area contributed by atoms with Gasteiger partial charge in [0, 0.05) is 11.6 Å². The average molecular weight is 238 g/mol. The van der Waals surface area contributed by atoms with Crippen LogP contribution in [-0.2, 0) is 16.1 Å². The second-order valence-electron chi connectivity index (χ2n) is 3.88. The van der Waals surface area contributed by atoms with Gasteiger partial charge in [-0.15, -0.1) is 0 Å². The Labute approximate surface area is 99.5 Å². The van der Waals surface area contributed by atoms with E-state index in [0.29, 0.717) is 11.1 Å². The Balaban J connectivity index is 2.75. The molecule has 0 spiro atoms. The molecule has 17 heavy (non-hydrogen) atoms. The SMILES string of the molecule is CC(C)OCc1ccc(C=CC(=O)O)cc1F. The van der Waals surface area contributed by atoms with Crippen molar-refractivity contribution in [1.82, 2.24) is 0 Å². The van der Waals surface area contributed by atoms with Crippen LogP contribution in [0.4, 0.5) is 4.39 Å². The quantitative estimate of drug-likeness (QED) is 0.802. The Morgan fingerprint density at radius 1 is 1.53 bits per heavy atom. The van der Waals surface area contributed by atoms with Gasteiger partial charge in [-0.2, -0.15) is 0 Å². The van der Waals surface area contributed by atoms with Gasteiger partial charge in [0.15, 0.2) is 0 Å². The van der Waals surface area contributed by atoms with Crippen molar-refractivity contribution in [2.45, 2.75) is 26.6 Å². The third-order valence-corrected chi connectivity index (χ3v) is 2.07. The first-order valence-corrected chi connectivity index (χ1v) is 5.30. The van der Waals surface area contributed by atoms with Crippen molar-refractivity contribution >= 4 is 12.0 Å². The van der Waals surface area contributed by atoms with Gasteiger partial charge >= 0.3 is 5.97 Å². The van der Waals surface area contributed by atoms with Gasteiger partial charge in [0.2, 0.25) is 0 Å². The minimum atomic E-state index is -1.06. The zero-order chi connectivity index (χ0) is 12.8. The lowest BCUT2D eigenvalue weighted by molar-refractivity contribution is -0.131. The minimum Gasteiger partial charge on any atom is -0.478 e. The number of halogens is 1. The van der Waals surface area contributed by atoms with E-state index < -0.39 is 11.8 Å². The molecule has 0 radical (unpaired) electrons. The summed E-state index contributed by atoms with van der Waals surface area (Å²) in [6, 6.07) is 4.54. The third-order valence-electron chi connectivity index (χ3n) is 2.07. The van der Waals surface area contributed by atoms with E-state index >= 15 is 0 Å². The van der Waals surface area contributed by atoms with Crippen LogP contribution in [0, 0.1) is 5.82 Å². The summed E-state index contributed by atoms with van der Waals surface area (Å²) in [6.45, 7) is 3.97. The highest BCUT2D eigenvalue weighted by Gasteiger charge is 2.04. The molecule has 1 rings (SSSR count). The number of hydrogen-bond acceptors (Lipinski definition) is 2. The first kappa shape index (κ1) is 13.4. The molecule has 0 heterocycles. The van der Waals surface area contributed by atoms with E-state index in [1.165, 1.54) is 12.1 Å². The normalized spacial score (nSPS) is 11.3. The summed E-state index contributed by atoms with van der Waals surface area (Å²) in [5.41, 5.74) is 0.976. The van der Waals surface area contributed by atoms with Gasteiger partial charge in [-0.1, -0.05) is 12.1 Å². The largest absolute Gasteiger partial charge is 0.478 e. The average Bonchev–Trinajstić information content (AvgIpc) is 2.24. The van der Waals surface area contributed by atoms with E-state index in [-0.39, 0.29) is 12.7 Å². The molecular weight excluding hydrogens is 223 g/mol. The molecule has 0 fully saturated rings. The van der Waals surface area contributed by atoms with Crippen molar-refractivity contribution in [1.29, 1.82) is 0 Å². The molecule has 92 valence electrons. The van der Waals surface area contributed by atoms with Gasteiger partial charge in [-0.05, 0) is 31.6 Å². The van der Waals surface area contributed by atoms with E-state index in [2.05, 4.69) is 0 Å². The molecule has 1 aromatic carbocycles. The van der Waals surface area contributed by atoms with E-state index in [4.69, 9.17) is 9.84 Å². The molecule has 3 nitrogen and oxygen atoms in total. The van der Waals surface area contributed by atoms with E-state index in [9.17, 15) is 9.18 Å². The van der Waals surface area contributed by atoms with Crippen LogP contribution in [0.2, 0.25) is 0 Å². The molecule has 0 atom stereocenters. The van der Waals surface area contributed by atoms with E-state index in [1.807, 2.05) is 13.8 Å². The van der Waals surface area contributed by atoms with Crippen LogP contribution in [-0.4, -0.2) is 17.2 Å². The summed E-state index contributed by atoms with van der Waals surface area (Å²) in [6.07, 6.45) is 2.36. The highest BCUT2D eigenvalue weighted by atomic mass is 19.1. The lowest BCUT2D eigenvalue weighted by Gasteiger charge is -2.08. The number of aliphatic carboxylic acids is 1. The van der Waals surface area contributed by atoms with Crippen LogP contribution in [0.25, 0.3) is 6.08 Å². The summed E-state index contributed by atoms with van der Waals surface area (Å²) >= 11 is 0. The second-order valence-corrected chi connectivity index (χ2v) is 3.88. The number of carbonyl (C=O) groups is 1. The molecule has 0 unspecified atom stereocenters. The molecule has 0 saturated heterocycles. The summed E-state index contributed by atoms with van der Waals surface area (Å²) in [5, 5.41) is 8.44. The van der Waals surface area contributed by atoms with Crippen molar-refractivity contribution in [3.05, 3.63) is 41.2 Å². The Morgan fingerprint density at radius 3 is 2.76 bits per heavy atom. The monoisotopic (exact) mass is 238 g/mol. The maximum Gasteiger partial charge on any atom is 0.328 e. The number of benzene rings is 1. The van der Waals surface area contributed by atoms with E-state index in [0.717, 1.165) is 6.08 Å². The van der Waals surface area contributed by atoms with Crippen molar-refractivity contribution in [2.75, 3.05) is 0 Å². The van der Waals surface area contributed by atoms with Crippen LogP contribution in [0.5, 0.6) is 0 Å². The first-order chi connectivity index (χ1) is 7.99. The molecule has 0 bridgehead atoms. The zero-order valence-corrected chi connectivity index (χ0v) is 9.81. The Hall–Kier alpha value is -1.68. The van der Waals surface area contributed by atoms with Crippen molar-refractivity contribution < 1.29 is 19.0 Å². The fraction of sp³-hybridized carbons (Fsp3) is 0.308. The molecule has 0 amide bonds. The summed E-state index contributed by atoms with van der Waals surface area (Å²) in [4.78, 5) is 10.3. The van der Waals surface area contributed by atoms with E-state index in [1.54, 1.807) is 12.1 Å². The van der Waals surface area contributed by atoms with Crippen molar-refractivity contribution in [3.8, 4) is 0 Å². The van der Waals surface area contributed by atoms with Gasteiger partial charge in [0.25, 0.3) is 0 Å². The topological polar surface area (TPSA) is 46.5 Å². The standard InChI is InChI=1S/C13H15FO3/c1-9(2)17-8-11-5-3-10(7-12(11)14)4-6-13(15)16/h3-7,9H,8H2,1-2H3,(H,15,16). The Morgan fingerprint density at radius 2 is 2.24 bits per heavy atom. The van der Waals surface area contributed by atoms with Crippen molar-refractivity contribution in [2.24, 2.45) is 0 Å². The zero-order valence-electron chi connectivity index (χ0n) is 9.81. The minimum absolute atomic E-state index is 0.0426. The summed E-state index contributed by atoms with van der Waals surface area (Å²) in [5.74, 6) is -1.45. The molecular formula is C13H15FO3. The Kier molecular flexibility index (Phi) is 4.84. The Bertz CT molecular complexity index is 425. The second kappa shape index (κ2) is 6.15. The fourth-order valence-electron chi connectivity index (χ4n) is 1.21. The molecule has 1 N–H and O–H groups in total. The van der Waals surface area contributed by atoms with Crippen LogP contribution < -0.4 is 0 Å². The lowest BCUT2D eigenvalue weighted by Crippen LogP contribution is -2.03. The summed E-state index contributed by atoms with van der Waals surface area (Å²) in [7, 11) is 0. The van der Waals surface area contributed by atoms with Crippen molar-refractivity contribution in [3.63, 3.8) is 0 Å². The molecule has 0 saturated carbocycles. The van der Waals surface area contributed by atoms with Crippen LogP contribution in [0.3, 0.4) is 0 Å². The van der Waals surface area contributed by atoms with Crippen LogP contribution in [0.1, 0.15) is 25.0 Å². The van der Waals surface area contributed by atoms with Gasteiger partial charge in [0.1, 0.15) is 5.82 Å².